The van der Waals surface area contributed by atoms with E-state index in [4.69, 9.17) is 15.2 Å². The summed E-state index contributed by atoms with van der Waals surface area (Å²) in [6.45, 7) is 3.01. The molecular formula is C13H17Br2NO2. The van der Waals surface area contributed by atoms with Gasteiger partial charge in [0.1, 0.15) is 5.75 Å². The van der Waals surface area contributed by atoms with Crippen LogP contribution in [0.25, 0.3) is 0 Å². The van der Waals surface area contributed by atoms with Gasteiger partial charge in [0, 0.05) is 12.5 Å². The largest absolute Gasteiger partial charge is 0.491 e. The SMILES string of the molecule is NCCc1cc(Br)c(OCC2CCOC2)c(Br)c1. The first kappa shape index (κ1) is 14.3. The summed E-state index contributed by atoms with van der Waals surface area (Å²) in [6.07, 6.45) is 1.95. The summed E-state index contributed by atoms with van der Waals surface area (Å²) in [4.78, 5) is 0. The molecule has 1 aliphatic heterocycles. The number of nitrogens with two attached hydrogens (primary N) is 1. The first-order chi connectivity index (χ1) is 8.70. The summed E-state index contributed by atoms with van der Waals surface area (Å²) in [5, 5.41) is 0. The summed E-state index contributed by atoms with van der Waals surface area (Å²) in [5.74, 6) is 1.37. The zero-order chi connectivity index (χ0) is 13.0. The van der Waals surface area contributed by atoms with Crippen LogP contribution in [0.5, 0.6) is 5.75 Å². The van der Waals surface area contributed by atoms with E-state index in [1.54, 1.807) is 0 Å². The van der Waals surface area contributed by atoms with Crippen LogP contribution in [0.2, 0.25) is 0 Å². The predicted octanol–water partition coefficient (Wildman–Crippen LogP) is 3.13. The van der Waals surface area contributed by atoms with Crippen molar-refractivity contribution >= 4 is 31.9 Å². The zero-order valence-electron chi connectivity index (χ0n) is 10.1. The van der Waals surface area contributed by atoms with Crippen molar-refractivity contribution in [2.24, 2.45) is 11.7 Å². The number of benzene rings is 1. The maximum absolute atomic E-state index is 5.88. The molecule has 5 heteroatoms. The van der Waals surface area contributed by atoms with Crippen LogP contribution in [-0.2, 0) is 11.2 Å². The van der Waals surface area contributed by atoms with E-state index in [-0.39, 0.29) is 0 Å². The summed E-state index contributed by atoms with van der Waals surface area (Å²) in [7, 11) is 0. The average molecular weight is 379 g/mol. The van der Waals surface area contributed by atoms with Crippen LogP contribution in [0, 0.1) is 5.92 Å². The molecule has 0 aliphatic carbocycles. The van der Waals surface area contributed by atoms with Crippen molar-refractivity contribution in [1.82, 2.24) is 0 Å². The molecule has 0 bridgehead atoms. The molecule has 1 aliphatic rings. The van der Waals surface area contributed by atoms with E-state index in [0.717, 1.165) is 40.8 Å². The normalized spacial score (nSPS) is 19.2. The predicted molar refractivity (Wildman–Crippen MR) is 79.0 cm³/mol. The summed E-state index contributed by atoms with van der Waals surface area (Å²) >= 11 is 7.10. The minimum atomic E-state index is 0.507. The van der Waals surface area contributed by atoms with E-state index in [1.165, 1.54) is 5.56 Å². The molecule has 100 valence electrons. The molecule has 3 nitrogen and oxygen atoms in total. The lowest BCUT2D eigenvalue weighted by atomic mass is 10.1. The van der Waals surface area contributed by atoms with E-state index in [2.05, 4.69) is 44.0 Å². The standard InChI is InChI=1S/C13H17Br2NO2/c14-11-5-9(1-3-16)6-12(15)13(11)18-8-10-2-4-17-7-10/h5-6,10H,1-4,7-8,16H2. The van der Waals surface area contributed by atoms with Crippen molar-refractivity contribution in [3.8, 4) is 5.75 Å². The van der Waals surface area contributed by atoms with Gasteiger partial charge in [0.25, 0.3) is 0 Å². The van der Waals surface area contributed by atoms with Crippen LogP contribution in [0.3, 0.4) is 0 Å². The number of halogens is 2. The molecule has 2 N–H and O–H groups in total. The number of hydrogen-bond acceptors (Lipinski definition) is 3. The van der Waals surface area contributed by atoms with Crippen molar-refractivity contribution in [2.75, 3.05) is 26.4 Å². The lowest BCUT2D eigenvalue weighted by molar-refractivity contribution is 0.166. The molecule has 1 fully saturated rings. The Hall–Kier alpha value is -0.100. The Balaban J connectivity index is 2.02. The van der Waals surface area contributed by atoms with Gasteiger partial charge in [-0.3, -0.25) is 0 Å². The van der Waals surface area contributed by atoms with Crippen LogP contribution in [0.4, 0.5) is 0 Å². The van der Waals surface area contributed by atoms with Crippen molar-refractivity contribution in [3.63, 3.8) is 0 Å². The van der Waals surface area contributed by atoms with Crippen LogP contribution in [0.1, 0.15) is 12.0 Å². The summed E-state index contributed by atoms with van der Waals surface area (Å²) < 4.78 is 13.2. The maximum Gasteiger partial charge on any atom is 0.147 e. The smallest absolute Gasteiger partial charge is 0.147 e. The van der Waals surface area contributed by atoms with E-state index in [0.29, 0.717) is 19.1 Å². The van der Waals surface area contributed by atoms with Crippen LogP contribution in [0.15, 0.2) is 21.1 Å². The minimum Gasteiger partial charge on any atom is -0.491 e. The van der Waals surface area contributed by atoms with Crippen LogP contribution in [-0.4, -0.2) is 26.4 Å². The highest BCUT2D eigenvalue weighted by atomic mass is 79.9. The number of rotatable bonds is 5. The van der Waals surface area contributed by atoms with E-state index in [1.807, 2.05) is 0 Å². The molecular weight excluding hydrogens is 362 g/mol. The van der Waals surface area contributed by atoms with E-state index >= 15 is 0 Å². The minimum absolute atomic E-state index is 0.507. The molecule has 18 heavy (non-hydrogen) atoms. The molecule has 0 saturated carbocycles. The highest BCUT2D eigenvalue weighted by molar-refractivity contribution is 9.11. The summed E-state index contributed by atoms with van der Waals surface area (Å²) in [5.41, 5.74) is 6.77. The van der Waals surface area contributed by atoms with Gasteiger partial charge in [-0.25, -0.2) is 0 Å². The Morgan fingerprint density at radius 3 is 2.61 bits per heavy atom. The topological polar surface area (TPSA) is 44.5 Å². The molecule has 0 amide bonds. The second kappa shape index (κ2) is 6.89. The Bertz CT molecular complexity index is 383. The van der Waals surface area contributed by atoms with Gasteiger partial charge in [0.2, 0.25) is 0 Å². The molecule has 1 saturated heterocycles. The van der Waals surface area contributed by atoms with Gasteiger partial charge < -0.3 is 15.2 Å². The van der Waals surface area contributed by atoms with Crippen molar-refractivity contribution in [1.29, 1.82) is 0 Å². The van der Waals surface area contributed by atoms with Gasteiger partial charge >= 0.3 is 0 Å². The fraction of sp³-hybridized carbons (Fsp3) is 0.538. The second-order valence-corrected chi connectivity index (χ2v) is 6.18. The molecule has 2 rings (SSSR count). The van der Waals surface area contributed by atoms with Crippen molar-refractivity contribution in [2.45, 2.75) is 12.8 Å². The fourth-order valence-electron chi connectivity index (χ4n) is 1.98. The third kappa shape index (κ3) is 3.70. The van der Waals surface area contributed by atoms with E-state index in [9.17, 15) is 0 Å². The molecule has 1 unspecified atom stereocenters. The number of ether oxygens (including phenoxy) is 2. The number of hydrogen-bond donors (Lipinski definition) is 1. The Kier molecular flexibility index (Phi) is 5.48. The lowest BCUT2D eigenvalue weighted by Crippen LogP contribution is -2.12. The second-order valence-electron chi connectivity index (χ2n) is 4.47. The third-order valence-electron chi connectivity index (χ3n) is 2.98. The van der Waals surface area contributed by atoms with Crippen molar-refractivity contribution < 1.29 is 9.47 Å². The molecule has 0 spiro atoms. The molecule has 0 aromatic heterocycles. The summed E-state index contributed by atoms with van der Waals surface area (Å²) in [6, 6.07) is 4.14. The lowest BCUT2D eigenvalue weighted by Gasteiger charge is -2.14. The first-order valence-electron chi connectivity index (χ1n) is 6.09. The zero-order valence-corrected chi connectivity index (χ0v) is 13.3. The highest BCUT2D eigenvalue weighted by Crippen LogP contribution is 2.35. The first-order valence-corrected chi connectivity index (χ1v) is 7.68. The Labute approximate surface area is 124 Å². The van der Waals surface area contributed by atoms with Crippen LogP contribution >= 0.6 is 31.9 Å². The molecule has 1 aromatic rings. The van der Waals surface area contributed by atoms with Crippen molar-refractivity contribution in [3.05, 3.63) is 26.6 Å². The van der Waals surface area contributed by atoms with Gasteiger partial charge in [0.05, 0.1) is 22.2 Å². The molecule has 1 aromatic carbocycles. The Morgan fingerprint density at radius 1 is 1.33 bits per heavy atom. The molecule has 1 atom stereocenters. The quantitative estimate of drug-likeness (QED) is 0.855. The maximum atomic E-state index is 5.88. The monoisotopic (exact) mass is 377 g/mol. The Morgan fingerprint density at radius 2 is 2.06 bits per heavy atom. The van der Waals surface area contributed by atoms with Gasteiger partial charge in [-0.1, -0.05) is 0 Å². The highest BCUT2D eigenvalue weighted by Gasteiger charge is 2.18. The third-order valence-corrected chi connectivity index (χ3v) is 4.16. The molecule has 0 radical (unpaired) electrons. The van der Waals surface area contributed by atoms with Gasteiger partial charge in [0.15, 0.2) is 0 Å². The van der Waals surface area contributed by atoms with E-state index < -0.39 is 0 Å². The van der Waals surface area contributed by atoms with Crippen LogP contribution < -0.4 is 10.5 Å². The average Bonchev–Trinajstić information content (AvgIpc) is 2.81. The van der Waals surface area contributed by atoms with Gasteiger partial charge in [-0.15, -0.1) is 0 Å². The van der Waals surface area contributed by atoms with Gasteiger partial charge in [-0.05, 0) is 68.9 Å². The fourth-order valence-corrected chi connectivity index (χ4v) is 3.49. The van der Waals surface area contributed by atoms with Gasteiger partial charge in [-0.2, -0.15) is 0 Å². The molecule has 1 heterocycles.